The van der Waals surface area contributed by atoms with E-state index in [1.165, 1.54) is 6.92 Å². The number of ketones is 1. The number of nitrogens with zero attached hydrogens (tertiary/aromatic N) is 1. The molecule has 1 aliphatic heterocycles. The van der Waals surface area contributed by atoms with Gasteiger partial charge in [0.1, 0.15) is 0 Å². The van der Waals surface area contributed by atoms with E-state index in [4.69, 9.17) is 0 Å². The van der Waals surface area contributed by atoms with Crippen LogP contribution in [0.4, 0.5) is 0 Å². The number of hydrogen-bond donors (Lipinski definition) is 1. The lowest BCUT2D eigenvalue weighted by Crippen LogP contribution is -2.31. The zero-order chi connectivity index (χ0) is 6.69. The third-order valence-corrected chi connectivity index (χ3v) is 1.06. The lowest BCUT2D eigenvalue weighted by molar-refractivity contribution is -0.118. The van der Waals surface area contributed by atoms with E-state index >= 15 is 0 Å². The first-order valence-electron chi connectivity index (χ1n) is 2.75. The SMILES string of the molecule is CC(=O)C1N=CC=CN1. The van der Waals surface area contributed by atoms with Crippen LogP contribution in [0, 0.1) is 0 Å². The van der Waals surface area contributed by atoms with Crippen molar-refractivity contribution in [3.63, 3.8) is 0 Å². The molecule has 0 amide bonds. The van der Waals surface area contributed by atoms with Gasteiger partial charge in [0, 0.05) is 6.21 Å². The quantitative estimate of drug-likeness (QED) is 0.538. The molecule has 48 valence electrons. The van der Waals surface area contributed by atoms with Gasteiger partial charge in [-0.15, -0.1) is 0 Å². The fourth-order valence-corrected chi connectivity index (χ4v) is 0.591. The minimum Gasteiger partial charge on any atom is -0.364 e. The van der Waals surface area contributed by atoms with Gasteiger partial charge >= 0.3 is 0 Å². The first kappa shape index (κ1) is 6.01. The smallest absolute Gasteiger partial charge is 0.177 e. The Balaban J connectivity index is 2.56. The van der Waals surface area contributed by atoms with Crippen LogP contribution in [0.15, 0.2) is 17.3 Å². The van der Waals surface area contributed by atoms with Crippen LogP contribution in [-0.2, 0) is 4.79 Å². The molecule has 0 aromatic rings. The van der Waals surface area contributed by atoms with Gasteiger partial charge in [-0.2, -0.15) is 0 Å². The van der Waals surface area contributed by atoms with Crippen molar-refractivity contribution in [2.24, 2.45) is 4.99 Å². The molecule has 0 aromatic carbocycles. The second kappa shape index (κ2) is 2.44. The average molecular weight is 124 g/mol. The number of nitrogens with one attached hydrogen (secondary N) is 1. The summed E-state index contributed by atoms with van der Waals surface area (Å²) in [5, 5.41) is 2.79. The highest BCUT2D eigenvalue weighted by Crippen LogP contribution is 1.90. The van der Waals surface area contributed by atoms with Crippen LogP contribution >= 0.6 is 0 Å². The Morgan fingerprint density at radius 3 is 2.89 bits per heavy atom. The van der Waals surface area contributed by atoms with Crippen LogP contribution in [-0.4, -0.2) is 18.2 Å². The molecule has 3 heteroatoms. The Bertz CT molecular complexity index is 172. The van der Waals surface area contributed by atoms with Crippen LogP contribution in [0.25, 0.3) is 0 Å². The molecule has 1 rings (SSSR count). The maximum absolute atomic E-state index is 10.6. The van der Waals surface area contributed by atoms with Crippen molar-refractivity contribution in [1.29, 1.82) is 0 Å². The van der Waals surface area contributed by atoms with Crippen molar-refractivity contribution in [3.05, 3.63) is 12.3 Å². The van der Waals surface area contributed by atoms with Crippen molar-refractivity contribution in [1.82, 2.24) is 5.32 Å². The predicted octanol–water partition coefficient (Wildman–Crippen LogP) is 0.0892. The molecule has 0 radical (unpaired) electrons. The summed E-state index contributed by atoms with van der Waals surface area (Å²) in [6, 6.07) is 0. The summed E-state index contributed by atoms with van der Waals surface area (Å²) < 4.78 is 0. The van der Waals surface area contributed by atoms with E-state index in [1.807, 2.05) is 0 Å². The topological polar surface area (TPSA) is 41.5 Å². The van der Waals surface area contributed by atoms with Crippen molar-refractivity contribution in [3.8, 4) is 0 Å². The second-order valence-electron chi connectivity index (χ2n) is 1.84. The summed E-state index contributed by atoms with van der Waals surface area (Å²) in [4.78, 5) is 14.4. The van der Waals surface area contributed by atoms with E-state index in [0.29, 0.717) is 0 Å². The minimum atomic E-state index is -0.352. The first-order chi connectivity index (χ1) is 4.30. The van der Waals surface area contributed by atoms with Gasteiger partial charge in [0.2, 0.25) is 0 Å². The van der Waals surface area contributed by atoms with Gasteiger partial charge in [-0.3, -0.25) is 9.79 Å². The van der Waals surface area contributed by atoms with Crippen molar-refractivity contribution in [2.45, 2.75) is 13.1 Å². The molecule has 0 fully saturated rings. The maximum Gasteiger partial charge on any atom is 0.177 e. The van der Waals surface area contributed by atoms with Crippen LogP contribution in [0.5, 0.6) is 0 Å². The van der Waals surface area contributed by atoms with Gasteiger partial charge < -0.3 is 5.32 Å². The largest absolute Gasteiger partial charge is 0.364 e. The number of rotatable bonds is 1. The number of carbonyl (C=O) groups excluding carboxylic acids is 1. The highest BCUT2D eigenvalue weighted by molar-refractivity contribution is 5.85. The van der Waals surface area contributed by atoms with Gasteiger partial charge in [-0.05, 0) is 19.2 Å². The third kappa shape index (κ3) is 1.38. The van der Waals surface area contributed by atoms with E-state index in [0.717, 1.165) is 0 Å². The highest BCUT2D eigenvalue weighted by Gasteiger charge is 2.08. The Kier molecular flexibility index (Phi) is 1.63. The van der Waals surface area contributed by atoms with E-state index in [2.05, 4.69) is 10.3 Å². The molecular weight excluding hydrogens is 116 g/mol. The van der Waals surface area contributed by atoms with Gasteiger partial charge in [-0.1, -0.05) is 0 Å². The molecule has 1 atom stereocenters. The lowest BCUT2D eigenvalue weighted by atomic mass is 10.3. The van der Waals surface area contributed by atoms with Crippen molar-refractivity contribution >= 4 is 12.0 Å². The van der Waals surface area contributed by atoms with E-state index in [9.17, 15) is 4.79 Å². The summed E-state index contributed by atoms with van der Waals surface area (Å²) in [6.45, 7) is 1.51. The van der Waals surface area contributed by atoms with Gasteiger partial charge in [-0.25, -0.2) is 0 Å². The molecule has 3 nitrogen and oxygen atoms in total. The van der Waals surface area contributed by atoms with Gasteiger partial charge in [0.15, 0.2) is 11.9 Å². The van der Waals surface area contributed by atoms with Crippen molar-refractivity contribution in [2.75, 3.05) is 0 Å². The summed E-state index contributed by atoms with van der Waals surface area (Å²) in [7, 11) is 0. The monoisotopic (exact) mass is 124 g/mol. The maximum atomic E-state index is 10.6. The molecule has 1 N–H and O–H groups in total. The molecule has 0 spiro atoms. The van der Waals surface area contributed by atoms with Gasteiger partial charge in [0.25, 0.3) is 0 Å². The van der Waals surface area contributed by atoms with Gasteiger partial charge in [0.05, 0.1) is 0 Å². The standard InChI is InChI=1S/C6H8N2O/c1-5(9)6-7-3-2-4-8-6/h2-4,6-7H,1H3. The van der Waals surface area contributed by atoms with Crippen LogP contribution in [0.2, 0.25) is 0 Å². The number of allylic oxidation sites excluding steroid dienone is 1. The molecule has 0 aromatic heterocycles. The number of hydrogen-bond acceptors (Lipinski definition) is 3. The molecule has 0 aliphatic carbocycles. The molecule has 0 saturated heterocycles. The highest BCUT2D eigenvalue weighted by atomic mass is 16.1. The van der Waals surface area contributed by atoms with E-state index < -0.39 is 0 Å². The van der Waals surface area contributed by atoms with Crippen LogP contribution in [0.3, 0.4) is 0 Å². The minimum absolute atomic E-state index is 0.0376. The van der Waals surface area contributed by atoms with E-state index in [-0.39, 0.29) is 11.9 Å². The molecule has 1 unspecified atom stereocenters. The fourth-order valence-electron chi connectivity index (χ4n) is 0.591. The normalized spacial score (nSPS) is 23.4. The third-order valence-electron chi connectivity index (χ3n) is 1.06. The Morgan fingerprint density at radius 1 is 1.78 bits per heavy atom. The zero-order valence-corrected chi connectivity index (χ0v) is 5.16. The zero-order valence-electron chi connectivity index (χ0n) is 5.16. The number of Topliss-reactive ketones (excluding diaryl/α,β-unsaturated/α-hetero) is 1. The molecular formula is C6H8N2O. The average Bonchev–Trinajstić information content (AvgIpc) is 1.90. The Hall–Kier alpha value is -1.12. The summed E-state index contributed by atoms with van der Waals surface area (Å²) in [6.07, 6.45) is 4.72. The molecule has 9 heavy (non-hydrogen) atoms. The Labute approximate surface area is 53.5 Å². The summed E-state index contributed by atoms with van der Waals surface area (Å²) in [5.74, 6) is 0.0376. The van der Waals surface area contributed by atoms with Crippen LogP contribution < -0.4 is 5.32 Å². The van der Waals surface area contributed by atoms with Crippen LogP contribution in [0.1, 0.15) is 6.92 Å². The molecule has 0 saturated carbocycles. The molecule has 1 aliphatic rings. The molecule has 0 bridgehead atoms. The van der Waals surface area contributed by atoms with E-state index in [1.54, 1.807) is 18.5 Å². The first-order valence-corrected chi connectivity index (χ1v) is 2.75. The Morgan fingerprint density at radius 2 is 2.56 bits per heavy atom. The fraction of sp³-hybridized carbons (Fsp3) is 0.333. The number of carbonyl (C=O) groups is 1. The summed E-state index contributed by atoms with van der Waals surface area (Å²) in [5.41, 5.74) is 0. The molecule has 1 heterocycles. The lowest BCUT2D eigenvalue weighted by Gasteiger charge is -2.09. The van der Waals surface area contributed by atoms with Crippen molar-refractivity contribution < 1.29 is 4.79 Å². The summed E-state index contributed by atoms with van der Waals surface area (Å²) >= 11 is 0. The predicted molar refractivity (Wildman–Crippen MR) is 35.2 cm³/mol. The number of aliphatic imine (C=N–C) groups is 1. The second-order valence-corrected chi connectivity index (χ2v) is 1.84.